The first-order valence-electron chi connectivity index (χ1n) is 7.94. The van der Waals surface area contributed by atoms with Crippen LogP contribution in [0, 0.1) is 0 Å². The van der Waals surface area contributed by atoms with Crippen LogP contribution >= 0.6 is 15.9 Å². The minimum absolute atomic E-state index is 0.335. The Bertz CT molecular complexity index is 437. The number of fused-ring (bicyclic) bond motifs is 1. The zero-order valence-corrected chi connectivity index (χ0v) is 14.6. The Morgan fingerprint density at radius 3 is 3.05 bits per heavy atom. The van der Waals surface area contributed by atoms with Gasteiger partial charge in [-0.15, -0.1) is 0 Å². The van der Waals surface area contributed by atoms with Gasteiger partial charge in [-0.25, -0.2) is 0 Å². The lowest BCUT2D eigenvalue weighted by molar-refractivity contribution is 0.0759. The molecular formula is C17H26BrNO2. The van der Waals surface area contributed by atoms with Crippen molar-refractivity contribution in [1.82, 2.24) is 5.32 Å². The van der Waals surface area contributed by atoms with Crippen molar-refractivity contribution in [3.8, 4) is 5.75 Å². The van der Waals surface area contributed by atoms with Crippen LogP contribution in [-0.2, 0) is 4.74 Å². The van der Waals surface area contributed by atoms with Gasteiger partial charge < -0.3 is 14.8 Å². The van der Waals surface area contributed by atoms with E-state index in [9.17, 15) is 0 Å². The molecule has 1 N–H and O–H groups in total. The molecule has 4 heteroatoms. The summed E-state index contributed by atoms with van der Waals surface area (Å²) in [5, 5.41) is 3.67. The quantitative estimate of drug-likeness (QED) is 0.732. The standard InChI is InChI=1S/C17H26BrNO2/c1-13(2)20-10-4-3-9-19-16-6-5-11-21-17-12-14(18)7-8-15(16)17/h7-8,12-13,16,19H,3-6,9-11H2,1-2H3. The van der Waals surface area contributed by atoms with Crippen molar-refractivity contribution in [2.75, 3.05) is 19.8 Å². The number of halogens is 1. The highest BCUT2D eigenvalue weighted by Gasteiger charge is 2.19. The van der Waals surface area contributed by atoms with E-state index in [2.05, 4.69) is 53.3 Å². The molecule has 1 aliphatic heterocycles. The Labute approximate surface area is 136 Å². The van der Waals surface area contributed by atoms with Crippen molar-refractivity contribution >= 4 is 15.9 Å². The predicted molar refractivity (Wildman–Crippen MR) is 89.9 cm³/mol. The topological polar surface area (TPSA) is 30.5 Å². The minimum Gasteiger partial charge on any atom is -0.493 e. The van der Waals surface area contributed by atoms with E-state index in [0.717, 1.165) is 55.7 Å². The van der Waals surface area contributed by atoms with Crippen molar-refractivity contribution < 1.29 is 9.47 Å². The Morgan fingerprint density at radius 2 is 2.24 bits per heavy atom. The highest BCUT2D eigenvalue weighted by molar-refractivity contribution is 9.10. The van der Waals surface area contributed by atoms with Gasteiger partial charge in [0, 0.05) is 22.7 Å². The van der Waals surface area contributed by atoms with E-state index in [4.69, 9.17) is 9.47 Å². The summed E-state index contributed by atoms with van der Waals surface area (Å²) in [7, 11) is 0. The van der Waals surface area contributed by atoms with Gasteiger partial charge in [-0.3, -0.25) is 0 Å². The molecule has 1 aliphatic rings. The third-order valence-corrected chi connectivity index (χ3v) is 4.15. The number of ether oxygens (including phenoxy) is 2. The van der Waals surface area contributed by atoms with Crippen LogP contribution in [0.2, 0.25) is 0 Å². The molecule has 1 atom stereocenters. The molecule has 3 nitrogen and oxygen atoms in total. The number of benzene rings is 1. The zero-order chi connectivity index (χ0) is 15.1. The highest BCUT2D eigenvalue weighted by atomic mass is 79.9. The fourth-order valence-electron chi connectivity index (χ4n) is 2.58. The van der Waals surface area contributed by atoms with E-state index >= 15 is 0 Å². The van der Waals surface area contributed by atoms with E-state index in [1.54, 1.807) is 0 Å². The van der Waals surface area contributed by atoms with Gasteiger partial charge in [-0.1, -0.05) is 22.0 Å². The lowest BCUT2D eigenvalue weighted by Crippen LogP contribution is -2.22. The number of nitrogens with one attached hydrogen (secondary N) is 1. The van der Waals surface area contributed by atoms with Gasteiger partial charge in [-0.05, 0) is 58.2 Å². The second-order valence-electron chi connectivity index (χ2n) is 5.81. The predicted octanol–water partition coefficient (Wildman–Crippen LogP) is 4.46. The number of rotatable bonds is 7. The van der Waals surface area contributed by atoms with Gasteiger partial charge in [-0.2, -0.15) is 0 Å². The summed E-state index contributed by atoms with van der Waals surface area (Å²) in [4.78, 5) is 0. The maximum atomic E-state index is 5.84. The van der Waals surface area contributed by atoms with Crippen molar-refractivity contribution in [3.05, 3.63) is 28.2 Å². The van der Waals surface area contributed by atoms with Crippen molar-refractivity contribution in [3.63, 3.8) is 0 Å². The summed E-state index contributed by atoms with van der Waals surface area (Å²) in [6.07, 6.45) is 4.83. The normalized spacial score (nSPS) is 18.2. The van der Waals surface area contributed by atoms with Crippen LogP contribution in [-0.4, -0.2) is 25.9 Å². The molecule has 0 amide bonds. The Hall–Kier alpha value is -0.580. The fourth-order valence-corrected chi connectivity index (χ4v) is 2.92. The molecule has 0 fully saturated rings. The van der Waals surface area contributed by atoms with Gasteiger partial charge in [0.25, 0.3) is 0 Å². The van der Waals surface area contributed by atoms with E-state index in [-0.39, 0.29) is 0 Å². The van der Waals surface area contributed by atoms with E-state index < -0.39 is 0 Å². The molecule has 0 saturated heterocycles. The first kappa shape index (κ1) is 16.8. The summed E-state index contributed by atoms with van der Waals surface area (Å²) >= 11 is 3.51. The molecule has 0 radical (unpaired) electrons. The summed E-state index contributed by atoms with van der Waals surface area (Å²) in [5.41, 5.74) is 1.29. The Kier molecular flexibility index (Phi) is 7.00. The molecule has 1 heterocycles. The number of unbranched alkanes of at least 4 members (excludes halogenated alkanes) is 1. The molecule has 0 saturated carbocycles. The van der Waals surface area contributed by atoms with Crippen molar-refractivity contribution in [1.29, 1.82) is 0 Å². The first-order valence-corrected chi connectivity index (χ1v) is 8.73. The second kappa shape index (κ2) is 8.76. The van der Waals surface area contributed by atoms with Crippen LogP contribution in [0.15, 0.2) is 22.7 Å². The van der Waals surface area contributed by atoms with Gasteiger partial charge in [0.15, 0.2) is 0 Å². The maximum Gasteiger partial charge on any atom is 0.125 e. The molecule has 2 rings (SSSR count). The van der Waals surface area contributed by atoms with E-state index in [1.165, 1.54) is 5.56 Å². The zero-order valence-electron chi connectivity index (χ0n) is 13.0. The van der Waals surface area contributed by atoms with Crippen molar-refractivity contribution in [2.45, 2.75) is 51.7 Å². The third-order valence-electron chi connectivity index (χ3n) is 3.66. The highest BCUT2D eigenvalue weighted by Crippen LogP contribution is 2.33. The van der Waals surface area contributed by atoms with Crippen molar-refractivity contribution in [2.24, 2.45) is 0 Å². The molecule has 0 spiro atoms. The monoisotopic (exact) mass is 355 g/mol. The van der Waals surface area contributed by atoms with Crippen LogP contribution in [0.3, 0.4) is 0 Å². The average molecular weight is 356 g/mol. The van der Waals surface area contributed by atoms with Gasteiger partial charge >= 0.3 is 0 Å². The van der Waals surface area contributed by atoms with Crippen LogP contribution in [0.4, 0.5) is 0 Å². The van der Waals surface area contributed by atoms with Gasteiger partial charge in [0.1, 0.15) is 5.75 Å². The fraction of sp³-hybridized carbons (Fsp3) is 0.647. The third kappa shape index (κ3) is 5.61. The smallest absolute Gasteiger partial charge is 0.125 e. The van der Waals surface area contributed by atoms with Crippen LogP contribution in [0.1, 0.15) is 51.1 Å². The van der Waals surface area contributed by atoms with Crippen LogP contribution < -0.4 is 10.1 Å². The molecule has 1 unspecified atom stereocenters. The SMILES string of the molecule is CC(C)OCCCCNC1CCCOc2cc(Br)ccc21. The molecular weight excluding hydrogens is 330 g/mol. The van der Waals surface area contributed by atoms with E-state index in [0.29, 0.717) is 12.1 Å². The molecule has 21 heavy (non-hydrogen) atoms. The second-order valence-corrected chi connectivity index (χ2v) is 6.72. The Morgan fingerprint density at radius 1 is 1.38 bits per heavy atom. The molecule has 118 valence electrons. The first-order chi connectivity index (χ1) is 10.2. The summed E-state index contributed by atoms with van der Waals surface area (Å²) in [6.45, 7) is 6.86. The maximum absolute atomic E-state index is 5.84. The van der Waals surface area contributed by atoms with Crippen LogP contribution in [0.5, 0.6) is 5.75 Å². The summed E-state index contributed by atoms with van der Waals surface area (Å²) < 4.78 is 12.5. The van der Waals surface area contributed by atoms with Gasteiger partial charge in [0.2, 0.25) is 0 Å². The molecule has 0 aromatic heterocycles. The average Bonchev–Trinajstić information content (AvgIpc) is 2.64. The summed E-state index contributed by atoms with van der Waals surface area (Å²) in [5.74, 6) is 1.02. The lowest BCUT2D eigenvalue weighted by Gasteiger charge is -2.18. The lowest BCUT2D eigenvalue weighted by atomic mass is 10.0. The molecule has 0 aliphatic carbocycles. The molecule has 1 aromatic carbocycles. The summed E-state index contributed by atoms with van der Waals surface area (Å²) in [6, 6.07) is 6.75. The number of hydrogen-bond acceptors (Lipinski definition) is 3. The minimum atomic E-state index is 0.335. The number of hydrogen-bond donors (Lipinski definition) is 1. The van der Waals surface area contributed by atoms with E-state index in [1.807, 2.05) is 0 Å². The molecule has 1 aromatic rings. The largest absolute Gasteiger partial charge is 0.493 e. The van der Waals surface area contributed by atoms with Gasteiger partial charge in [0.05, 0.1) is 12.7 Å². The van der Waals surface area contributed by atoms with Crippen LogP contribution in [0.25, 0.3) is 0 Å². The molecule has 0 bridgehead atoms. The Balaban J connectivity index is 1.80.